The van der Waals surface area contributed by atoms with Crippen molar-refractivity contribution in [2.75, 3.05) is 26.7 Å². The van der Waals surface area contributed by atoms with Gasteiger partial charge in [-0.1, -0.05) is 17.7 Å². The predicted molar refractivity (Wildman–Crippen MR) is 81.5 cm³/mol. The molecule has 1 aliphatic heterocycles. The van der Waals surface area contributed by atoms with E-state index < -0.39 is 0 Å². The van der Waals surface area contributed by atoms with Crippen molar-refractivity contribution in [2.45, 2.75) is 25.4 Å². The predicted octanol–water partition coefficient (Wildman–Crippen LogP) is 1.86. The Morgan fingerprint density at radius 2 is 2.14 bits per heavy atom. The standard InChI is InChI=1S/C15H21ClFN3O/c1-19(9-12-13(16)3-2-4-14(12)17)15(21)10-20-7-5-11(18)6-8-20/h2-4,11H,5-10,18H2,1H3. The van der Waals surface area contributed by atoms with Gasteiger partial charge in [0, 0.05) is 43.3 Å². The van der Waals surface area contributed by atoms with E-state index in [1.807, 2.05) is 0 Å². The van der Waals surface area contributed by atoms with E-state index in [1.54, 1.807) is 19.2 Å². The van der Waals surface area contributed by atoms with Crippen LogP contribution in [0.15, 0.2) is 18.2 Å². The molecular formula is C15H21ClFN3O. The minimum absolute atomic E-state index is 0.0372. The Kier molecular flexibility index (Phi) is 5.56. The molecule has 1 aromatic rings. The van der Waals surface area contributed by atoms with E-state index in [1.165, 1.54) is 11.0 Å². The van der Waals surface area contributed by atoms with E-state index in [0.29, 0.717) is 17.1 Å². The molecule has 1 fully saturated rings. The second kappa shape index (κ2) is 7.20. The second-order valence-corrected chi connectivity index (χ2v) is 5.97. The number of carbonyl (C=O) groups is 1. The largest absolute Gasteiger partial charge is 0.340 e. The zero-order chi connectivity index (χ0) is 15.4. The van der Waals surface area contributed by atoms with Crippen LogP contribution in [0.1, 0.15) is 18.4 Å². The number of piperidine rings is 1. The van der Waals surface area contributed by atoms with E-state index in [9.17, 15) is 9.18 Å². The number of carbonyl (C=O) groups excluding carboxylic acids is 1. The maximum absolute atomic E-state index is 13.7. The van der Waals surface area contributed by atoms with E-state index in [-0.39, 0.29) is 24.3 Å². The number of likely N-dealkylation sites (tertiary alicyclic amines) is 1. The summed E-state index contributed by atoms with van der Waals surface area (Å²) in [5.41, 5.74) is 6.20. The fourth-order valence-electron chi connectivity index (χ4n) is 2.43. The third-order valence-corrected chi connectivity index (χ3v) is 4.23. The number of amides is 1. The molecule has 1 amide bonds. The maximum atomic E-state index is 13.7. The zero-order valence-corrected chi connectivity index (χ0v) is 12.9. The van der Waals surface area contributed by atoms with Gasteiger partial charge in [-0.2, -0.15) is 0 Å². The van der Waals surface area contributed by atoms with Gasteiger partial charge in [-0.15, -0.1) is 0 Å². The highest BCUT2D eigenvalue weighted by Gasteiger charge is 2.21. The van der Waals surface area contributed by atoms with Gasteiger partial charge < -0.3 is 10.6 Å². The number of likely N-dealkylation sites (N-methyl/N-ethyl adjacent to an activating group) is 1. The zero-order valence-electron chi connectivity index (χ0n) is 12.2. The van der Waals surface area contributed by atoms with Crippen molar-refractivity contribution >= 4 is 17.5 Å². The van der Waals surface area contributed by atoms with Crippen LogP contribution in [0.5, 0.6) is 0 Å². The lowest BCUT2D eigenvalue weighted by Crippen LogP contribution is -2.44. The lowest BCUT2D eigenvalue weighted by Gasteiger charge is -2.30. The summed E-state index contributed by atoms with van der Waals surface area (Å²) in [6.07, 6.45) is 1.83. The van der Waals surface area contributed by atoms with E-state index in [4.69, 9.17) is 17.3 Å². The average molecular weight is 314 g/mol. The van der Waals surface area contributed by atoms with Crippen molar-refractivity contribution in [3.05, 3.63) is 34.6 Å². The van der Waals surface area contributed by atoms with Crippen LogP contribution in [0, 0.1) is 5.82 Å². The molecule has 2 N–H and O–H groups in total. The summed E-state index contributed by atoms with van der Waals surface area (Å²) in [7, 11) is 1.67. The number of hydrogen-bond donors (Lipinski definition) is 1. The normalized spacial score (nSPS) is 17.0. The minimum Gasteiger partial charge on any atom is -0.340 e. The van der Waals surface area contributed by atoms with Crippen LogP contribution in [0.2, 0.25) is 5.02 Å². The van der Waals surface area contributed by atoms with Gasteiger partial charge in [0.2, 0.25) is 5.91 Å². The van der Waals surface area contributed by atoms with E-state index in [0.717, 1.165) is 25.9 Å². The Labute approximate surface area is 129 Å². The highest BCUT2D eigenvalue weighted by atomic mass is 35.5. The number of nitrogens with zero attached hydrogens (tertiary/aromatic N) is 2. The topological polar surface area (TPSA) is 49.6 Å². The summed E-state index contributed by atoms with van der Waals surface area (Å²) in [4.78, 5) is 15.8. The molecule has 0 aromatic heterocycles. The molecule has 1 aliphatic rings. The van der Waals surface area contributed by atoms with Gasteiger partial charge in [0.1, 0.15) is 5.82 Å². The summed E-state index contributed by atoms with van der Waals surface area (Å²) in [5, 5.41) is 0.346. The van der Waals surface area contributed by atoms with Gasteiger partial charge in [0.25, 0.3) is 0 Å². The quantitative estimate of drug-likeness (QED) is 0.923. The molecule has 1 heterocycles. The number of benzene rings is 1. The van der Waals surface area contributed by atoms with Crippen molar-refractivity contribution in [2.24, 2.45) is 5.73 Å². The lowest BCUT2D eigenvalue weighted by atomic mass is 10.1. The summed E-state index contributed by atoms with van der Waals surface area (Å²) >= 11 is 5.98. The summed E-state index contributed by atoms with van der Waals surface area (Å²) < 4.78 is 13.7. The first-order valence-corrected chi connectivity index (χ1v) is 7.50. The van der Waals surface area contributed by atoms with Gasteiger partial charge in [-0.05, 0) is 25.0 Å². The molecular weight excluding hydrogens is 293 g/mol. The summed E-state index contributed by atoms with van der Waals surface area (Å²) in [6.45, 7) is 2.19. The van der Waals surface area contributed by atoms with Crippen LogP contribution in [0.25, 0.3) is 0 Å². The number of rotatable bonds is 4. The first kappa shape index (κ1) is 16.2. The maximum Gasteiger partial charge on any atom is 0.236 e. The Morgan fingerprint density at radius 3 is 2.76 bits per heavy atom. The monoisotopic (exact) mass is 313 g/mol. The average Bonchev–Trinajstić information content (AvgIpc) is 2.45. The van der Waals surface area contributed by atoms with Gasteiger partial charge in [-0.25, -0.2) is 4.39 Å². The molecule has 0 bridgehead atoms. The molecule has 6 heteroatoms. The molecule has 1 saturated heterocycles. The highest BCUT2D eigenvalue weighted by molar-refractivity contribution is 6.31. The SMILES string of the molecule is CN(Cc1c(F)cccc1Cl)C(=O)CN1CCC(N)CC1. The Bertz CT molecular complexity index is 483. The van der Waals surface area contributed by atoms with Crippen LogP contribution in [-0.2, 0) is 11.3 Å². The van der Waals surface area contributed by atoms with E-state index in [2.05, 4.69) is 4.90 Å². The fraction of sp³-hybridized carbons (Fsp3) is 0.533. The Morgan fingerprint density at radius 1 is 1.48 bits per heavy atom. The van der Waals surface area contributed by atoms with Crippen molar-refractivity contribution in [3.63, 3.8) is 0 Å². The molecule has 4 nitrogen and oxygen atoms in total. The minimum atomic E-state index is -0.383. The number of halogens is 2. The first-order valence-electron chi connectivity index (χ1n) is 7.12. The van der Waals surface area contributed by atoms with Crippen LogP contribution >= 0.6 is 11.6 Å². The molecule has 0 radical (unpaired) electrons. The molecule has 0 spiro atoms. The van der Waals surface area contributed by atoms with Crippen LogP contribution in [0.3, 0.4) is 0 Å². The number of hydrogen-bond acceptors (Lipinski definition) is 3. The molecule has 1 aromatic carbocycles. The van der Waals surface area contributed by atoms with Crippen molar-refractivity contribution in [3.8, 4) is 0 Å². The molecule has 116 valence electrons. The van der Waals surface area contributed by atoms with Crippen molar-refractivity contribution < 1.29 is 9.18 Å². The molecule has 21 heavy (non-hydrogen) atoms. The van der Waals surface area contributed by atoms with Crippen LogP contribution < -0.4 is 5.73 Å². The highest BCUT2D eigenvalue weighted by Crippen LogP contribution is 2.20. The molecule has 2 rings (SSSR count). The smallest absolute Gasteiger partial charge is 0.236 e. The Hall–Kier alpha value is -1.17. The third kappa shape index (κ3) is 4.40. The summed E-state index contributed by atoms with van der Waals surface area (Å²) in [6, 6.07) is 4.78. The molecule has 0 saturated carbocycles. The molecule has 0 unspecified atom stereocenters. The van der Waals surface area contributed by atoms with Crippen molar-refractivity contribution in [1.82, 2.24) is 9.80 Å². The lowest BCUT2D eigenvalue weighted by molar-refractivity contribution is -0.131. The Balaban J connectivity index is 1.91. The van der Waals surface area contributed by atoms with E-state index >= 15 is 0 Å². The van der Waals surface area contributed by atoms with Crippen LogP contribution in [0.4, 0.5) is 4.39 Å². The van der Waals surface area contributed by atoms with Gasteiger partial charge >= 0.3 is 0 Å². The van der Waals surface area contributed by atoms with Gasteiger partial charge in [0.05, 0.1) is 6.54 Å². The first-order chi connectivity index (χ1) is 9.97. The second-order valence-electron chi connectivity index (χ2n) is 5.56. The molecule has 0 aliphatic carbocycles. The number of nitrogens with two attached hydrogens (primary N) is 1. The van der Waals surface area contributed by atoms with Gasteiger partial charge in [0.15, 0.2) is 0 Å². The van der Waals surface area contributed by atoms with Gasteiger partial charge in [-0.3, -0.25) is 9.69 Å². The van der Waals surface area contributed by atoms with Crippen molar-refractivity contribution in [1.29, 1.82) is 0 Å². The van der Waals surface area contributed by atoms with Crippen LogP contribution in [-0.4, -0.2) is 48.4 Å². The molecule has 0 atom stereocenters. The summed E-state index contributed by atoms with van der Waals surface area (Å²) in [5.74, 6) is -0.420. The fourth-order valence-corrected chi connectivity index (χ4v) is 2.65. The third-order valence-electron chi connectivity index (χ3n) is 3.87.